The molecule has 0 fully saturated rings. The third kappa shape index (κ3) is 3.38. The molecule has 0 unspecified atom stereocenters. The van der Waals surface area contributed by atoms with Crippen molar-refractivity contribution in [3.63, 3.8) is 0 Å². The molecule has 1 heterocycles. The van der Waals surface area contributed by atoms with Gasteiger partial charge in [-0.2, -0.15) is 5.10 Å². The molecule has 1 aromatic heterocycles. The van der Waals surface area contributed by atoms with Crippen LogP contribution in [0.3, 0.4) is 0 Å². The fourth-order valence-corrected chi connectivity index (χ4v) is 1.58. The number of aromatic nitrogens is 1. The van der Waals surface area contributed by atoms with Gasteiger partial charge in [-0.05, 0) is 25.1 Å². The molecule has 0 spiro atoms. The number of carbonyl (C=O) groups excluding carboxylic acids is 1. The molecule has 1 aromatic carbocycles. The molecule has 0 aliphatic rings. The first kappa shape index (κ1) is 13.7. The first-order valence-corrected chi connectivity index (χ1v) is 6.14. The second-order valence-electron chi connectivity index (χ2n) is 3.93. The maximum absolute atomic E-state index is 11.8. The van der Waals surface area contributed by atoms with Crippen LogP contribution in [0.1, 0.15) is 17.3 Å². The minimum Gasteiger partial charge on any atom is -0.462 e. The lowest BCUT2D eigenvalue weighted by Gasteiger charge is -2.05. The van der Waals surface area contributed by atoms with Crippen molar-refractivity contribution < 1.29 is 14.7 Å². The summed E-state index contributed by atoms with van der Waals surface area (Å²) in [5.74, 6) is -0.537. The van der Waals surface area contributed by atoms with Gasteiger partial charge in [0.05, 0.1) is 18.5 Å². The van der Waals surface area contributed by atoms with Crippen molar-refractivity contribution in [3.05, 3.63) is 59.7 Å². The van der Waals surface area contributed by atoms with Crippen LogP contribution in [0.2, 0.25) is 0 Å². The first-order valence-electron chi connectivity index (χ1n) is 6.14. The quantitative estimate of drug-likeness (QED) is 0.506. The van der Waals surface area contributed by atoms with E-state index in [0.717, 1.165) is 10.4 Å². The van der Waals surface area contributed by atoms with E-state index in [1.807, 2.05) is 30.3 Å². The number of carbonyl (C=O) groups is 1. The average molecular weight is 273 g/mol. The number of ether oxygens (including phenoxy) is 1. The van der Waals surface area contributed by atoms with Gasteiger partial charge in [-0.3, -0.25) is 5.43 Å². The summed E-state index contributed by atoms with van der Waals surface area (Å²) in [5.41, 5.74) is 3.82. The number of benzene rings is 1. The van der Waals surface area contributed by atoms with E-state index in [1.54, 1.807) is 6.92 Å². The molecule has 0 aliphatic heterocycles. The molecule has 0 radical (unpaired) electrons. The Morgan fingerprint density at radius 1 is 1.35 bits per heavy atom. The average Bonchev–Trinajstić information content (AvgIpc) is 2.47. The summed E-state index contributed by atoms with van der Waals surface area (Å²) in [6, 6.07) is 10.9. The predicted molar refractivity (Wildman–Crippen MR) is 73.2 cm³/mol. The molecule has 104 valence electrons. The van der Waals surface area contributed by atoms with Crippen molar-refractivity contribution in [1.82, 2.24) is 4.73 Å². The maximum atomic E-state index is 11.8. The molecule has 2 N–H and O–H groups in total. The molecular formula is C14H15N3O3. The summed E-state index contributed by atoms with van der Waals surface area (Å²) in [4.78, 5) is 11.8. The Morgan fingerprint density at radius 2 is 2.10 bits per heavy atom. The van der Waals surface area contributed by atoms with Gasteiger partial charge in [0.2, 0.25) is 0 Å². The zero-order valence-electron chi connectivity index (χ0n) is 11.0. The summed E-state index contributed by atoms with van der Waals surface area (Å²) in [6.45, 7) is 1.97. The molecule has 6 nitrogen and oxygen atoms in total. The van der Waals surface area contributed by atoms with Crippen LogP contribution < -0.4 is 10.8 Å². The third-order valence-corrected chi connectivity index (χ3v) is 2.50. The van der Waals surface area contributed by atoms with Gasteiger partial charge in [0.1, 0.15) is 10.9 Å². The molecule has 20 heavy (non-hydrogen) atoms. The smallest absolute Gasteiger partial charge is 0.342 e. The van der Waals surface area contributed by atoms with E-state index in [9.17, 15) is 10.0 Å². The van der Waals surface area contributed by atoms with Crippen LogP contribution in [0.15, 0.2) is 53.9 Å². The van der Waals surface area contributed by atoms with Crippen LogP contribution in [0.25, 0.3) is 0 Å². The molecule has 0 amide bonds. The number of rotatable bonds is 4. The highest BCUT2D eigenvalue weighted by atomic mass is 16.5. The van der Waals surface area contributed by atoms with E-state index in [2.05, 4.69) is 10.5 Å². The highest BCUT2D eigenvalue weighted by molar-refractivity contribution is 5.88. The molecule has 0 atom stereocenters. The molecule has 0 saturated heterocycles. The number of anilines is 1. The fourth-order valence-electron chi connectivity index (χ4n) is 1.58. The van der Waals surface area contributed by atoms with Gasteiger partial charge in [0.25, 0.3) is 0 Å². The van der Waals surface area contributed by atoms with E-state index >= 15 is 0 Å². The molecule has 6 heteroatoms. The first-order chi connectivity index (χ1) is 9.70. The Hall–Kier alpha value is -2.76. The summed E-state index contributed by atoms with van der Waals surface area (Å²) >= 11 is 0. The molecule has 0 saturated carbocycles. The molecule has 0 aliphatic carbocycles. The van der Waals surface area contributed by atoms with Gasteiger partial charge < -0.3 is 9.94 Å². The summed E-state index contributed by atoms with van der Waals surface area (Å²) in [7, 11) is 0. The van der Waals surface area contributed by atoms with Gasteiger partial charge in [-0.15, -0.1) is 0 Å². The van der Waals surface area contributed by atoms with Gasteiger partial charge in [-0.25, -0.2) is 9.52 Å². The van der Waals surface area contributed by atoms with Crippen molar-refractivity contribution in [1.29, 1.82) is 0 Å². The standard InChI is InChI=1S/C14H15N3O3/c1-2-20-14(18)12-10-17(19)9-8-13(12)16-15-11-6-4-3-5-7-11/h3-10,15,19H,2H2,1H3/b16-13-. The number of nitrogens with one attached hydrogen (secondary N) is 1. The number of hydrogen-bond acceptors (Lipinski definition) is 5. The maximum Gasteiger partial charge on any atom is 0.342 e. The van der Waals surface area contributed by atoms with Gasteiger partial charge in [-0.1, -0.05) is 18.2 Å². The van der Waals surface area contributed by atoms with E-state index in [0.29, 0.717) is 5.36 Å². The summed E-state index contributed by atoms with van der Waals surface area (Å²) in [6.07, 6.45) is 2.64. The Labute approximate surface area is 115 Å². The van der Waals surface area contributed by atoms with Crippen LogP contribution in [-0.4, -0.2) is 22.5 Å². The topological polar surface area (TPSA) is 75.8 Å². The van der Waals surface area contributed by atoms with Crippen molar-refractivity contribution >= 4 is 11.7 Å². The fraction of sp³-hybridized carbons (Fsp3) is 0.143. The largest absolute Gasteiger partial charge is 0.462 e. The monoisotopic (exact) mass is 273 g/mol. The second kappa shape index (κ2) is 6.42. The lowest BCUT2D eigenvalue weighted by molar-refractivity contribution is 0.0519. The van der Waals surface area contributed by atoms with Crippen molar-refractivity contribution in [2.24, 2.45) is 5.10 Å². The van der Waals surface area contributed by atoms with Crippen molar-refractivity contribution in [2.75, 3.05) is 12.0 Å². The van der Waals surface area contributed by atoms with Gasteiger partial charge in [0, 0.05) is 6.20 Å². The zero-order chi connectivity index (χ0) is 14.4. The van der Waals surface area contributed by atoms with Crippen LogP contribution in [0.5, 0.6) is 0 Å². The predicted octanol–water partition coefficient (Wildman–Crippen LogP) is 1.83. The molecule has 2 aromatic rings. The zero-order valence-corrected chi connectivity index (χ0v) is 11.0. The summed E-state index contributed by atoms with van der Waals surface area (Å²) < 4.78 is 5.71. The van der Waals surface area contributed by atoms with E-state index in [-0.39, 0.29) is 12.2 Å². The van der Waals surface area contributed by atoms with Crippen LogP contribution in [0, 0.1) is 0 Å². The second-order valence-corrected chi connectivity index (χ2v) is 3.93. The van der Waals surface area contributed by atoms with Crippen molar-refractivity contribution in [3.8, 4) is 0 Å². The lowest BCUT2D eigenvalue weighted by atomic mass is 10.3. The minimum atomic E-state index is -0.537. The highest BCUT2D eigenvalue weighted by Gasteiger charge is 2.10. The Morgan fingerprint density at radius 3 is 2.80 bits per heavy atom. The minimum absolute atomic E-state index is 0.181. The number of pyridine rings is 1. The van der Waals surface area contributed by atoms with Crippen molar-refractivity contribution in [2.45, 2.75) is 6.92 Å². The van der Waals surface area contributed by atoms with Crippen LogP contribution in [0.4, 0.5) is 5.69 Å². The van der Waals surface area contributed by atoms with Crippen LogP contribution in [-0.2, 0) is 4.74 Å². The van der Waals surface area contributed by atoms with Gasteiger partial charge in [0.15, 0.2) is 0 Å². The van der Waals surface area contributed by atoms with E-state index in [1.165, 1.54) is 18.5 Å². The number of para-hydroxylation sites is 1. The molecular weight excluding hydrogens is 258 g/mol. The molecule has 0 bridgehead atoms. The third-order valence-electron chi connectivity index (χ3n) is 2.50. The Kier molecular flexibility index (Phi) is 4.39. The normalized spacial score (nSPS) is 11.2. The summed E-state index contributed by atoms with van der Waals surface area (Å²) in [5, 5.41) is 13.9. The SMILES string of the molecule is CCOC(=O)c1cn(O)cc/c1=N/Nc1ccccc1. The number of nitrogens with zero attached hydrogens (tertiary/aromatic N) is 2. The van der Waals surface area contributed by atoms with E-state index < -0.39 is 5.97 Å². The Balaban J connectivity index is 2.33. The Bertz CT molecular complexity index is 650. The lowest BCUT2D eigenvalue weighted by Crippen LogP contribution is -2.21. The number of hydrogen-bond donors (Lipinski definition) is 2. The molecule has 2 rings (SSSR count). The number of esters is 1. The van der Waals surface area contributed by atoms with Gasteiger partial charge >= 0.3 is 5.97 Å². The van der Waals surface area contributed by atoms with E-state index in [4.69, 9.17) is 4.74 Å². The van der Waals surface area contributed by atoms with Crippen LogP contribution >= 0.6 is 0 Å². The highest BCUT2D eigenvalue weighted by Crippen LogP contribution is 2.04.